The van der Waals surface area contributed by atoms with Crippen LogP contribution >= 0.6 is 0 Å². The van der Waals surface area contributed by atoms with E-state index in [1.165, 1.54) is 71.8 Å². The highest BCUT2D eigenvalue weighted by molar-refractivity contribution is 7.89. The molecule has 1 aliphatic rings. The van der Waals surface area contributed by atoms with Gasteiger partial charge in [0, 0.05) is 6.54 Å². The molecule has 2 heterocycles. The van der Waals surface area contributed by atoms with Crippen LogP contribution in [0.2, 0.25) is 0 Å². The Morgan fingerprint density at radius 3 is 2.33 bits per heavy atom. The number of halogens is 1. The molecule has 1 aromatic heterocycles. The number of hydrogen-bond donors (Lipinski definition) is 1. The Kier molecular flexibility index (Phi) is 5.83. The van der Waals surface area contributed by atoms with Gasteiger partial charge in [0.05, 0.1) is 23.3 Å². The first-order valence-corrected chi connectivity index (χ1v) is 11.3. The van der Waals surface area contributed by atoms with Crippen LogP contribution in [-0.2, 0) is 26.2 Å². The Morgan fingerprint density at radius 2 is 1.76 bits per heavy atom. The van der Waals surface area contributed by atoms with Crippen LogP contribution in [-0.4, -0.2) is 37.1 Å². The van der Waals surface area contributed by atoms with Crippen molar-refractivity contribution in [3.8, 4) is 0 Å². The van der Waals surface area contributed by atoms with Crippen molar-refractivity contribution in [2.24, 2.45) is 5.14 Å². The maximum Gasteiger partial charge on any atom is 0.290 e. The van der Waals surface area contributed by atoms with E-state index in [0.29, 0.717) is 5.56 Å². The average Bonchev–Trinajstić information content (AvgIpc) is 3.41. The first-order chi connectivity index (χ1) is 15.6. The lowest BCUT2D eigenvalue weighted by atomic mass is 10.1. The highest BCUT2D eigenvalue weighted by Crippen LogP contribution is 2.28. The van der Waals surface area contributed by atoms with Crippen LogP contribution in [0, 0.1) is 5.82 Å². The number of primary sulfonamides is 1. The highest BCUT2D eigenvalue weighted by Gasteiger charge is 2.45. The number of furan rings is 1. The number of hydrogen-bond acceptors (Lipinski definition) is 6. The lowest BCUT2D eigenvalue weighted by Crippen LogP contribution is -2.45. The minimum Gasteiger partial charge on any atom is -0.459 e. The number of amides is 3. The maximum absolute atomic E-state index is 13.3. The zero-order valence-corrected chi connectivity index (χ0v) is 17.9. The van der Waals surface area contributed by atoms with Crippen LogP contribution in [0.5, 0.6) is 0 Å². The van der Waals surface area contributed by atoms with Crippen LogP contribution < -0.4 is 10.0 Å². The molecule has 0 radical (unpaired) electrons. The summed E-state index contributed by atoms with van der Waals surface area (Å²) in [5.41, 5.74) is 0.694. The second kappa shape index (κ2) is 8.60. The highest BCUT2D eigenvalue weighted by atomic mass is 32.2. The quantitative estimate of drug-likeness (QED) is 0.548. The molecule has 0 spiro atoms. The maximum atomic E-state index is 13.3. The number of nitrogens with zero attached hydrogens (tertiary/aromatic N) is 2. The zero-order valence-electron chi connectivity index (χ0n) is 17.0. The lowest BCUT2D eigenvalue weighted by Gasteiger charge is -2.27. The van der Waals surface area contributed by atoms with Crippen LogP contribution in [0.4, 0.5) is 10.1 Å². The van der Waals surface area contributed by atoms with E-state index < -0.39 is 39.6 Å². The van der Waals surface area contributed by atoms with Gasteiger partial charge >= 0.3 is 0 Å². The molecule has 0 bridgehead atoms. The number of benzene rings is 2. The van der Waals surface area contributed by atoms with Gasteiger partial charge in [-0.1, -0.05) is 12.1 Å². The van der Waals surface area contributed by atoms with Crippen molar-refractivity contribution in [1.29, 1.82) is 0 Å². The molecular weight excluding hydrogens is 453 g/mol. The third kappa shape index (κ3) is 4.54. The molecule has 0 aliphatic carbocycles. The molecule has 3 aromatic rings. The fraction of sp³-hybridized carbons (Fsp3) is 0.136. The molecule has 2 N–H and O–H groups in total. The van der Waals surface area contributed by atoms with Crippen LogP contribution in [0.15, 0.2) is 76.2 Å². The molecule has 33 heavy (non-hydrogen) atoms. The summed E-state index contributed by atoms with van der Waals surface area (Å²) in [5, 5.41) is 5.09. The summed E-state index contributed by atoms with van der Waals surface area (Å²) in [7, 11) is -3.95. The average molecular weight is 471 g/mol. The summed E-state index contributed by atoms with van der Waals surface area (Å²) in [6.45, 7) is -0.0678. The van der Waals surface area contributed by atoms with Crippen molar-refractivity contribution in [3.63, 3.8) is 0 Å². The number of nitrogens with two attached hydrogens (primary N) is 1. The van der Waals surface area contributed by atoms with Gasteiger partial charge in [-0.3, -0.25) is 14.4 Å². The predicted molar refractivity (Wildman–Crippen MR) is 114 cm³/mol. The van der Waals surface area contributed by atoms with Crippen molar-refractivity contribution < 1.29 is 31.6 Å². The molecule has 4 rings (SSSR count). The van der Waals surface area contributed by atoms with Gasteiger partial charge in [-0.25, -0.2) is 22.8 Å². The van der Waals surface area contributed by atoms with Crippen molar-refractivity contribution in [3.05, 3.63) is 84.1 Å². The minimum atomic E-state index is -3.95. The second-order valence-electron chi connectivity index (χ2n) is 7.36. The SMILES string of the molecule is NS(=O)(=O)c1ccc(N2C(=O)CC(N(Cc3ccc(F)cc3)C(=O)c3ccco3)C2=O)cc1. The monoisotopic (exact) mass is 471 g/mol. The van der Waals surface area contributed by atoms with Crippen LogP contribution in [0.1, 0.15) is 22.5 Å². The van der Waals surface area contributed by atoms with Crippen LogP contribution in [0.25, 0.3) is 0 Å². The largest absolute Gasteiger partial charge is 0.459 e. The first kappa shape index (κ1) is 22.4. The smallest absolute Gasteiger partial charge is 0.290 e. The van der Waals surface area contributed by atoms with Crippen LogP contribution in [0.3, 0.4) is 0 Å². The van der Waals surface area contributed by atoms with E-state index in [1.54, 1.807) is 0 Å². The van der Waals surface area contributed by atoms with Gasteiger partial charge < -0.3 is 9.32 Å². The molecule has 3 amide bonds. The van der Waals surface area contributed by atoms with E-state index in [2.05, 4.69) is 0 Å². The molecule has 11 heteroatoms. The molecule has 2 aromatic carbocycles. The Labute approximate surface area is 188 Å². The zero-order chi connectivity index (χ0) is 23.8. The van der Waals surface area contributed by atoms with Gasteiger partial charge in [-0.2, -0.15) is 0 Å². The van der Waals surface area contributed by atoms with E-state index in [-0.39, 0.29) is 29.3 Å². The van der Waals surface area contributed by atoms with Gasteiger partial charge in [0.1, 0.15) is 11.9 Å². The van der Waals surface area contributed by atoms with Crippen molar-refractivity contribution >= 4 is 33.4 Å². The molecule has 1 aliphatic heterocycles. The van der Waals surface area contributed by atoms with E-state index in [1.807, 2.05) is 0 Å². The van der Waals surface area contributed by atoms with E-state index in [4.69, 9.17) is 9.56 Å². The Morgan fingerprint density at radius 1 is 1.09 bits per heavy atom. The third-order valence-electron chi connectivity index (χ3n) is 5.18. The van der Waals surface area contributed by atoms with E-state index in [0.717, 1.165) is 4.90 Å². The molecule has 1 atom stereocenters. The molecule has 0 saturated carbocycles. The van der Waals surface area contributed by atoms with Crippen molar-refractivity contribution in [2.45, 2.75) is 23.9 Å². The number of rotatable bonds is 6. The Hall–Kier alpha value is -3.83. The molecule has 1 fully saturated rings. The summed E-state index contributed by atoms with van der Waals surface area (Å²) in [5.74, 6) is -2.31. The van der Waals surface area contributed by atoms with Gasteiger partial charge in [0.2, 0.25) is 15.9 Å². The first-order valence-electron chi connectivity index (χ1n) is 9.74. The number of sulfonamides is 1. The van der Waals surface area contributed by atoms with Gasteiger partial charge in [0.15, 0.2) is 5.76 Å². The number of imide groups is 1. The van der Waals surface area contributed by atoms with Crippen molar-refractivity contribution in [2.75, 3.05) is 4.90 Å². The fourth-order valence-electron chi connectivity index (χ4n) is 3.57. The topological polar surface area (TPSA) is 131 Å². The summed E-state index contributed by atoms with van der Waals surface area (Å²) in [4.78, 5) is 41.0. The fourth-order valence-corrected chi connectivity index (χ4v) is 4.08. The van der Waals surface area contributed by atoms with Gasteiger partial charge in [-0.15, -0.1) is 0 Å². The number of carbonyl (C=O) groups excluding carboxylic acids is 3. The standard InChI is InChI=1S/C22H18FN3O6S/c23-15-5-3-14(4-6-15)13-25(22(29)19-2-1-11-32-19)18-12-20(27)26(21(18)28)16-7-9-17(10-8-16)33(24,30)31/h1-11,18H,12-13H2,(H2,24,30,31). The molecule has 1 saturated heterocycles. The van der Waals surface area contributed by atoms with Gasteiger partial charge in [0.25, 0.3) is 11.8 Å². The molecule has 170 valence electrons. The van der Waals surface area contributed by atoms with Gasteiger partial charge in [-0.05, 0) is 54.1 Å². The lowest BCUT2D eigenvalue weighted by molar-refractivity contribution is -0.122. The normalized spacial score (nSPS) is 16.3. The molecular formula is C22H18FN3O6S. The number of carbonyl (C=O) groups is 3. The third-order valence-corrected chi connectivity index (χ3v) is 6.11. The summed E-state index contributed by atoms with van der Waals surface area (Å²) in [6, 6.07) is 12.2. The predicted octanol–water partition coefficient (Wildman–Crippen LogP) is 2.04. The minimum absolute atomic E-state index is 0.0201. The van der Waals surface area contributed by atoms with E-state index in [9.17, 15) is 27.2 Å². The van der Waals surface area contributed by atoms with Crippen molar-refractivity contribution in [1.82, 2.24) is 4.90 Å². The summed E-state index contributed by atoms with van der Waals surface area (Å²) >= 11 is 0. The van der Waals surface area contributed by atoms with E-state index >= 15 is 0 Å². The Balaban J connectivity index is 1.65. The Bertz CT molecular complexity index is 1310. The second-order valence-corrected chi connectivity index (χ2v) is 8.92. The molecule has 9 nitrogen and oxygen atoms in total. The molecule has 1 unspecified atom stereocenters. The number of anilines is 1. The summed E-state index contributed by atoms with van der Waals surface area (Å²) in [6.07, 6.45) is 1.02. The summed E-state index contributed by atoms with van der Waals surface area (Å²) < 4.78 is 41.4.